The lowest BCUT2D eigenvalue weighted by molar-refractivity contribution is -0.504. The maximum absolute atomic E-state index is 14.3. The molecular formula is C42H43N4O6+. The highest BCUT2D eigenvalue weighted by molar-refractivity contribution is 6.40. The highest BCUT2D eigenvalue weighted by Crippen LogP contribution is 2.45. The van der Waals surface area contributed by atoms with Gasteiger partial charge in [0.25, 0.3) is 11.8 Å². The highest BCUT2D eigenvalue weighted by atomic mass is 16.5. The Morgan fingerprint density at radius 2 is 1.35 bits per heavy atom. The van der Waals surface area contributed by atoms with Gasteiger partial charge in [0.05, 0.1) is 36.8 Å². The van der Waals surface area contributed by atoms with Crippen molar-refractivity contribution in [3.8, 4) is 11.5 Å². The third-order valence-electron chi connectivity index (χ3n) is 10.2. The van der Waals surface area contributed by atoms with Crippen molar-refractivity contribution in [1.82, 2.24) is 5.32 Å². The lowest BCUT2D eigenvalue weighted by Gasteiger charge is -2.29. The van der Waals surface area contributed by atoms with Gasteiger partial charge in [0.15, 0.2) is 0 Å². The predicted octanol–water partition coefficient (Wildman–Crippen LogP) is 6.53. The van der Waals surface area contributed by atoms with Gasteiger partial charge in [-0.3, -0.25) is 14.4 Å². The second-order valence-corrected chi connectivity index (χ2v) is 13.5. The predicted molar refractivity (Wildman–Crippen MR) is 202 cm³/mol. The Bertz CT molecular complexity index is 2120. The van der Waals surface area contributed by atoms with E-state index in [-0.39, 0.29) is 34.5 Å². The molecule has 0 aromatic heterocycles. The molecule has 0 spiro atoms. The quantitative estimate of drug-likeness (QED) is 0.181. The van der Waals surface area contributed by atoms with Crippen LogP contribution in [0, 0.1) is 6.92 Å². The van der Waals surface area contributed by atoms with Crippen molar-refractivity contribution >= 4 is 40.3 Å². The number of nitrogens with zero attached hydrogens (tertiary/aromatic N) is 2. The summed E-state index contributed by atoms with van der Waals surface area (Å²) in [6.45, 7) is 7.54. The number of aliphatic hydroxyl groups excluding tert-OH is 1. The monoisotopic (exact) mass is 699 g/mol. The fourth-order valence-corrected chi connectivity index (χ4v) is 7.39. The van der Waals surface area contributed by atoms with Crippen LogP contribution in [0.5, 0.6) is 11.5 Å². The minimum atomic E-state index is -0.376. The average molecular weight is 700 g/mol. The zero-order chi connectivity index (χ0) is 36.5. The van der Waals surface area contributed by atoms with Crippen molar-refractivity contribution in [1.29, 1.82) is 0 Å². The molecule has 4 aliphatic rings. The Kier molecular flexibility index (Phi) is 9.55. The minimum absolute atomic E-state index is 0.116. The summed E-state index contributed by atoms with van der Waals surface area (Å²) in [7, 11) is 3.13. The van der Waals surface area contributed by atoms with Gasteiger partial charge in [-0.05, 0) is 99.0 Å². The molecule has 2 aliphatic heterocycles. The molecule has 0 atom stereocenters. The molecule has 10 nitrogen and oxygen atoms in total. The van der Waals surface area contributed by atoms with Crippen LogP contribution in [0.3, 0.4) is 0 Å². The van der Waals surface area contributed by atoms with Gasteiger partial charge in [0, 0.05) is 65.5 Å². The first-order chi connectivity index (χ1) is 25.2. The number of aliphatic hydroxyl groups is 1. The zero-order valence-corrected chi connectivity index (χ0v) is 30.0. The molecule has 0 unspecified atom stereocenters. The number of amides is 2. The van der Waals surface area contributed by atoms with E-state index in [2.05, 4.69) is 20.1 Å². The molecule has 2 heterocycles. The topological polar surface area (TPSA) is 120 Å². The van der Waals surface area contributed by atoms with E-state index in [0.29, 0.717) is 45.1 Å². The summed E-state index contributed by atoms with van der Waals surface area (Å²) >= 11 is 0. The molecule has 2 saturated heterocycles. The van der Waals surface area contributed by atoms with Crippen LogP contribution in [0.15, 0.2) is 101 Å². The molecule has 0 radical (unpaired) electrons. The maximum atomic E-state index is 14.3. The minimum Gasteiger partial charge on any atom is -0.506 e. The molecular weight excluding hydrogens is 656 g/mol. The van der Waals surface area contributed by atoms with E-state index in [1.807, 2.05) is 38.1 Å². The van der Waals surface area contributed by atoms with Crippen LogP contribution in [0.2, 0.25) is 0 Å². The summed E-state index contributed by atoms with van der Waals surface area (Å²) in [6.07, 6.45) is 8.06. The van der Waals surface area contributed by atoms with Crippen LogP contribution in [0.25, 0.3) is 5.57 Å². The average Bonchev–Trinajstić information content (AvgIpc) is 3.90. The molecule has 3 aromatic carbocycles. The Morgan fingerprint density at radius 1 is 0.769 bits per heavy atom. The van der Waals surface area contributed by atoms with E-state index in [1.54, 1.807) is 62.8 Å². The Balaban J connectivity index is 1.30. The van der Waals surface area contributed by atoms with Crippen LogP contribution in [0.4, 0.5) is 11.4 Å². The Morgan fingerprint density at radius 3 is 1.90 bits per heavy atom. The number of methoxy groups -OCH3 is 2. The number of allylic oxidation sites excluding steroid dienone is 5. The van der Waals surface area contributed by atoms with Crippen molar-refractivity contribution in [2.75, 3.05) is 50.6 Å². The van der Waals surface area contributed by atoms with Crippen LogP contribution in [-0.4, -0.2) is 73.4 Å². The third kappa shape index (κ3) is 6.52. The van der Waals surface area contributed by atoms with Gasteiger partial charge in [-0.25, -0.2) is 4.58 Å². The molecule has 2 aliphatic carbocycles. The van der Waals surface area contributed by atoms with Crippen LogP contribution in [-0.2, 0) is 4.79 Å². The smallest absolute Gasteiger partial charge is 0.255 e. The van der Waals surface area contributed by atoms with E-state index < -0.39 is 0 Å². The first-order valence-electron chi connectivity index (χ1n) is 17.7. The first kappa shape index (κ1) is 34.5. The second-order valence-electron chi connectivity index (χ2n) is 13.5. The molecule has 2 amide bonds. The number of ether oxygens (including phenoxy) is 2. The summed E-state index contributed by atoms with van der Waals surface area (Å²) in [5.74, 6) is -0.0120. The van der Waals surface area contributed by atoms with Crippen molar-refractivity contribution in [3.63, 3.8) is 0 Å². The number of benzene rings is 3. The van der Waals surface area contributed by atoms with E-state index in [0.717, 1.165) is 74.4 Å². The lowest BCUT2D eigenvalue weighted by atomic mass is 9.77. The molecule has 10 heteroatoms. The number of aryl methyl sites for hydroxylation is 1. The number of hydrogen-bond acceptors (Lipinski definition) is 7. The molecule has 2 fully saturated rings. The van der Waals surface area contributed by atoms with Crippen molar-refractivity contribution in [2.24, 2.45) is 0 Å². The molecule has 266 valence electrons. The summed E-state index contributed by atoms with van der Waals surface area (Å²) < 4.78 is 12.8. The number of nitrogens with one attached hydrogen (secondary N) is 2. The van der Waals surface area contributed by atoms with E-state index in [1.165, 1.54) is 0 Å². The van der Waals surface area contributed by atoms with Gasteiger partial charge in [0.1, 0.15) is 30.3 Å². The van der Waals surface area contributed by atoms with Crippen molar-refractivity contribution in [3.05, 3.63) is 123 Å². The zero-order valence-electron chi connectivity index (χ0n) is 30.0. The molecule has 3 N–H and O–H groups in total. The summed E-state index contributed by atoms with van der Waals surface area (Å²) in [5, 5.41) is 17.9. The van der Waals surface area contributed by atoms with E-state index in [9.17, 15) is 19.5 Å². The van der Waals surface area contributed by atoms with Gasteiger partial charge < -0.3 is 30.1 Å². The third-order valence-corrected chi connectivity index (χ3v) is 10.2. The second kappa shape index (κ2) is 14.4. The van der Waals surface area contributed by atoms with Gasteiger partial charge in [0.2, 0.25) is 11.5 Å². The van der Waals surface area contributed by atoms with Crippen molar-refractivity contribution in [2.45, 2.75) is 39.5 Å². The summed E-state index contributed by atoms with van der Waals surface area (Å²) in [6, 6.07) is 17.3. The SMILES string of the molecule is COc1ccc(C(=O)NC2=CC(=[N+]3CCCC3)C(C)=C/C2=C2/C(=O)C(c3cc(C)c(N4CCCC4)cc3NC(=O)c3ccc(OC)cc3)=C2O)cc1. The number of ketones is 1. The molecule has 0 bridgehead atoms. The molecule has 7 rings (SSSR count). The normalized spacial score (nSPS) is 18.6. The fourth-order valence-electron chi connectivity index (χ4n) is 7.39. The number of rotatable bonds is 8. The largest absolute Gasteiger partial charge is 0.506 e. The van der Waals surface area contributed by atoms with Gasteiger partial charge in [-0.1, -0.05) is 0 Å². The number of carbonyl (C=O) groups excluding carboxylic acids is 3. The summed E-state index contributed by atoms with van der Waals surface area (Å²) in [4.78, 5) is 43.7. The van der Waals surface area contributed by atoms with Crippen molar-refractivity contribution < 1.29 is 33.5 Å². The molecule has 3 aromatic rings. The Hall–Kier alpha value is -5.90. The van der Waals surface area contributed by atoms with Gasteiger partial charge >= 0.3 is 0 Å². The van der Waals surface area contributed by atoms with Crippen LogP contribution in [0.1, 0.15) is 64.4 Å². The standard InChI is InChI=1S/C42H42N4O6/c1-25-21-31(33(23-35(25)45-17-5-6-18-45)43-41(49)27-9-13-29(51-3)14-10-27)37-39(47)38(40(37)48)32-22-26(2)36(46-19-7-8-20-46)24-34(32)44-42(50)28-11-15-30(52-4)16-12-28/h9-16,21-24H,5-8,17-20H2,1-4H3,(H2,43,44,47,48,49,50)/p+1. The number of anilines is 2. The van der Waals surface area contributed by atoms with Gasteiger partial charge in [-0.15, -0.1) is 0 Å². The van der Waals surface area contributed by atoms with Gasteiger partial charge in [-0.2, -0.15) is 0 Å². The van der Waals surface area contributed by atoms with Crippen LogP contribution >= 0.6 is 0 Å². The highest BCUT2D eigenvalue weighted by Gasteiger charge is 2.41. The number of Topliss-reactive ketones (excluding diaryl/α,β-unsaturated/α-hetero) is 1. The fraction of sp³-hybridized carbons (Fsp3) is 0.286. The first-order valence-corrected chi connectivity index (χ1v) is 17.7. The summed E-state index contributed by atoms with van der Waals surface area (Å²) in [5.41, 5.74) is 6.60. The molecule has 0 saturated carbocycles. The number of carbonyl (C=O) groups is 3. The van der Waals surface area contributed by atoms with Crippen LogP contribution < -0.4 is 25.0 Å². The van der Waals surface area contributed by atoms with E-state index >= 15 is 0 Å². The Labute approximate surface area is 303 Å². The molecule has 52 heavy (non-hydrogen) atoms. The maximum Gasteiger partial charge on any atom is 0.255 e. The van der Waals surface area contributed by atoms with E-state index in [4.69, 9.17) is 9.47 Å². The lowest BCUT2D eigenvalue weighted by Crippen LogP contribution is -2.32. The number of hydrogen-bond donors (Lipinski definition) is 3.